The number of nitrogens with one attached hydrogen (secondary N) is 1. The number of rotatable bonds is 11. The van der Waals surface area contributed by atoms with Gasteiger partial charge in [0.1, 0.15) is 17.9 Å². The fraction of sp³-hybridized carbons (Fsp3) is 0.588. The molecule has 1 rings (SSSR count). The fourth-order valence-electron chi connectivity index (χ4n) is 2.21. The highest BCUT2D eigenvalue weighted by atomic mass is 35.7. The Bertz CT molecular complexity index is 541. The molecule has 0 amide bonds. The van der Waals surface area contributed by atoms with Gasteiger partial charge in [0, 0.05) is 11.2 Å². The van der Waals surface area contributed by atoms with E-state index < -0.39 is 18.9 Å². The molecule has 0 heterocycles. The largest absolute Gasteiger partial charge is 0.461 e. The summed E-state index contributed by atoms with van der Waals surface area (Å²) >= 11 is 5.91. The monoisotopic (exact) mass is 375 g/mol. The van der Waals surface area contributed by atoms with Gasteiger partial charge < -0.3 is 9.26 Å². The molecule has 136 valence electrons. The number of carbonyl (C=O) groups is 1. The summed E-state index contributed by atoms with van der Waals surface area (Å²) in [5.74, 6) is -0.0993. The topological polar surface area (TPSA) is 64.6 Å². The summed E-state index contributed by atoms with van der Waals surface area (Å²) in [7, 11) is 0. The second-order valence-corrected chi connectivity index (χ2v) is 8.46. The maximum atomic E-state index is 12.3. The van der Waals surface area contributed by atoms with Crippen molar-refractivity contribution in [1.29, 1.82) is 0 Å². The Balaban J connectivity index is 2.56. The van der Waals surface area contributed by atoms with Crippen LogP contribution in [-0.2, 0) is 14.1 Å². The van der Waals surface area contributed by atoms with E-state index in [-0.39, 0.29) is 6.10 Å². The Kier molecular flexibility index (Phi) is 9.42. The average Bonchev–Trinajstić information content (AvgIpc) is 2.52. The maximum absolute atomic E-state index is 12.3. The second kappa shape index (κ2) is 10.8. The van der Waals surface area contributed by atoms with Gasteiger partial charge in [-0.2, -0.15) is 0 Å². The minimum Gasteiger partial charge on any atom is -0.461 e. The van der Waals surface area contributed by atoms with Crippen molar-refractivity contribution >= 4 is 24.1 Å². The van der Waals surface area contributed by atoms with Crippen molar-refractivity contribution in [3.8, 4) is 5.75 Å². The molecule has 0 saturated heterocycles. The number of ether oxygens (including phenoxy) is 1. The van der Waals surface area contributed by atoms with Crippen molar-refractivity contribution < 1.29 is 18.6 Å². The molecule has 0 aliphatic heterocycles. The molecule has 1 aromatic rings. The lowest BCUT2D eigenvalue weighted by molar-refractivity contribution is -0.151. The zero-order chi connectivity index (χ0) is 18.0. The number of hydrogen-bond donors (Lipinski definition) is 1. The SMILES string of the molecule is CCCCC(CCC)OC(=O)[C@H](C)NP(=O)(Cl)Oc1ccccc1. The van der Waals surface area contributed by atoms with Gasteiger partial charge >= 0.3 is 12.8 Å². The molecule has 7 heteroatoms. The van der Waals surface area contributed by atoms with Gasteiger partial charge in [-0.1, -0.05) is 51.3 Å². The molecule has 3 atom stereocenters. The van der Waals surface area contributed by atoms with Crippen LogP contribution >= 0.6 is 18.1 Å². The number of unbranched alkanes of at least 4 members (excludes halogenated alkanes) is 1. The highest BCUT2D eigenvalue weighted by molar-refractivity contribution is 7.84. The number of esters is 1. The zero-order valence-corrected chi connectivity index (χ0v) is 16.2. The summed E-state index contributed by atoms with van der Waals surface area (Å²) in [6.45, 7) is 2.03. The first-order valence-corrected chi connectivity index (χ1v) is 10.9. The Labute approximate surface area is 149 Å². The van der Waals surface area contributed by atoms with Gasteiger partial charge in [-0.25, -0.2) is 9.65 Å². The fourth-order valence-corrected chi connectivity index (χ4v) is 3.90. The molecule has 0 bridgehead atoms. The first-order chi connectivity index (χ1) is 11.4. The molecule has 5 nitrogen and oxygen atoms in total. The van der Waals surface area contributed by atoms with Gasteiger partial charge in [0.25, 0.3) is 0 Å². The predicted octanol–water partition coefficient (Wildman–Crippen LogP) is 5.29. The highest BCUT2D eigenvalue weighted by Gasteiger charge is 2.29. The van der Waals surface area contributed by atoms with Crippen molar-refractivity contribution in [2.75, 3.05) is 0 Å². The second-order valence-electron chi connectivity index (χ2n) is 5.72. The maximum Gasteiger partial charge on any atom is 0.409 e. The van der Waals surface area contributed by atoms with E-state index >= 15 is 0 Å². The first kappa shape index (κ1) is 21.0. The zero-order valence-electron chi connectivity index (χ0n) is 14.5. The van der Waals surface area contributed by atoms with Crippen LogP contribution in [0.2, 0.25) is 0 Å². The van der Waals surface area contributed by atoms with Crippen LogP contribution in [0, 0.1) is 0 Å². The first-order valence-electron chi connectivity index (χ1n) is 8.40. The normalized spacial score (nSPS) is 16.0. The van der Waals surface area contributed by atoms with Gasteiger partial charge in [0.2, 0.25) is 0 Å². The molecule has 0 radical (unpaired) electrons. The molecule has 0 aliphatic rings. The molecule has 0 saturated carbocycles. The third-order valence-electron chi connectivity index (χ3n) is 3.44. The van der Waals surface area contributed by atoms with Crippen LogP contribution in [0.25, 0.3) is 0 Å². The molecule has 0 fully saturated rings. The van der Waals surface area contributed by atoms with E-state index in [1.165, 1.54) is 0 Å². The van der Waals surface area contributed by atoms with E-state index in [1.54, 1.807) is 31.2 Å². The predicted molar refractivity (Wildman–Crippen MR) is 97.4 cm³/mol. The van der Waals surface area contributed by atoms with Crippen LogP contribution in [0.15, 0.2) is 30.3 Å². The van der Waals surface area contributed by atoms with E-state index in [0.717, 1.165) is 32.1 Å². The van der Waals surface area contributed by atoms with Gasteiger partial charge in [-0.3, -0.25) is 4.79 Å². The van der Waals surface area contributed by atoms with Gasteiger partial charge in [-0.15, -0.1) is 0 Å². The lowest BCUT2D eigenvalue weighted by Gasteiger charge is -2.22. The number of para-hydroxylation sites is 1. The third kappa shape index (κ3) is 8.18. The van der Waals surface area contributed by atoms with Crippen molar-refractivity contribution in [2.45, 2.75) is 65.0 Å². The van der Waals surface area contributed by atoms with E-state index in [4.69, 9.17) is 20.5 Å². The van der Waals surface area contributed by atoms with Crippen molar-refractivity contribution in [1.82, 2.24) is 5.09 Å². The van der Waals surface area contributed by atoms with Crippen LogP contribution in [0.1, 0.15) is 52.9 Å². The lowest BCUT2D eigenvalue weighted by atomic mass is 10.1. The Morgan fingerprint density at radius 3 is 2.46 bits per heavy atom. The molecular weight excluding hydrogens is 349 g/mol. The molecule has 0 aromatic heterocycles. The quantitative estimate of drug-likeness (QED) is 0.420. The molecule has 2 unspecified atom stereocenters. The Morgan fingerprint density at radius 1 is 1.21 bits per heavy atom. The van der Waals surface area contributed by atoms with Gasteiger partial charge in [-0.05, 0) is 31.9 Å². The molecule has 0 aliphatic carbocycles. The third-order valence-corrected chi connectivity index (χ3v) is 5.08. The summed E-state index contributed by atoms with van der Waals surface area (Å²) in [6, 6.07) is 7.76. The number of benzene rings is 1. The molecule has 24 heavy (non-hydrogen) atoms. The number of hydrogen-bond acceptors (Lipinski definition) is 4. The van der Waals surface area contributed by atoms with E-state index in [0.29, 0.717) is 5.75 Å². The van der Waals surface area contributed by atoms with Crippen molar-refractivity contribution in [2.24, 2.45) is 0 Å². The van der Waals surface area contributed by atoms with Crippen LogP contribution in [0.4, 0.5) is 0 Å². The van der Waals surface area contributed by atoms with E-state index in [2.05, 4.69) is 18.9 Å². The summed E-state index contributed by atoms with van der Waals surface area (Å²) < 4.78 is 23.1. The summed E-state index contributed by atoms with van der Waals surface area (Å²) in [5.41, 5.74) is 0. The Hall–Kier alpha value is -1.03. The molecule has 1 N–H and O–H groups in total. The molecular formula is C17H27ClNO4P. The minimum atomic E-state index is -3.68. The standard InChI is InChI=1S/C17H27ClNO4P/c1-4-6-11-15(10-5-2)22-17(20)14(3)19-24(18,21)23-16-12-8-7-9-13-16/h7-9,12-15H,4-6,10-11H2,1-3H3,(H,19,21)/t14-,15?,24?/m0/s1. The average molecular weight is 376 g/mol. The van der Waals surface area contributed by atoms with Crippen LogP contribution < -0.4 is 9.61 Å². The Morgan fingerprint density at radius 2 is 1.88 bits per heavy atom. The highest BCUT2D eigenvalue weighted by Crippen LogP contribution is 2.48. The summed E-state index contributed by atoms with van der Waals surface area (Å²) in [6.07, 6.45) is 4.53. The molecule has 0 spiro atoms. The minimum absolute atomic E-state index is 0.114. The molecule has 1 aromatic carbocycles. The van der Waals surface area contributed by atoms with Crippen LogP contribution in [-0.4, -0.2) is 18.1 Å². The number of halogens is 1. The van der Waals surface area contributed by atoms with Gasteiger partial charge in [0.15, 0.2) is 0 Å². The number of carbonyl (C=O) groups excluding carboxylic acids is 1. The van der Waals surface area contributed by atoms with Crippen molar-refractivity contribution in [3.63, 3.8) is 0 Å². The van der Waals surface area contributed by atoms with E-state index in [1.807, 2.05) is 6.07 Å². The van der Waals surface area contributed by atoms with Crippen LogP contribution in [0.3, 0.4) is 0 Å². The lowest BCUT2D eigenvalue weighted by Crippen LogP contribution is -2.35. The summed E-state index contributed by atoms with van der Waals surface area (Å²) in [4.78, 5) is 12.2. The van der Waals surface area contributed by atoms with E-state index in [9.17, 15) is 9.36 Å². The summed E-state index contributed by atoms with van der Waals surface area (Å²) in [5, 5.41) is 2.53. The van der Waals surface area contributed by atoms with Gasteiger partial charge in [0.05, 0.1) is 0 Å². The van der Waals surface area contributed by atoms with Crippen molar-refractivity contribution in [3.05, 3.63) is 30.3 Å². The van der Waals surface area contributed by atoms with Crippen LogP contribution in [0.5, 0.6) is 5.75 Å². The smallest absolute Gasteiger partial charge is 0.409 e.